The normalized spacial score (nSPS) is 11.8. The minimum Gasteiger partial charge on any atom is -0.492 e. The summed E-state index contributed by atoms with van der Waals surface area (Å²) in [5.41, 5.74) is -0.213. The third-order valence-electron chi connectivity index (χ3n) is 3.60. The van der Waals surface area contributed by atoms with Crippen LogP contribution in [0.1, 0.15) is 24.5 Å². The van der Waals surface area contributed by atoms with Gasteiger partial charge in [-0.1, -0.05) is 6.07 Å². The maximum Gasteiger partial charge on any atom is 0.434 e. The second-order valence-electron chi connectivity index (χ2n) is 6.12. The quantitative estimate of drug-likeness (QED) is 0.315. The third-order valence-corrected chi connectivity index (χ3v) is 4.51. The highest BCUT2D eigenvalue weighted by atomic mass is 32.1. The van der Waals surface area contributed by atoms with E-state index in [9.17, 15) is 18.0 Å². The van der Waals surface area contributed by atoms with E-state index in [1.54, 1.807) is 24.3 Å². The van der Waals surface area contributed by atoms with Crippen molar-refractivity contribution < 1.29 is 22.7 Å². The number of carbonyl (C=O) groups excluding carboxylic acids is 1. The SMILES string of the molecule is CCNC(=NCCc1nc(C(F)(F)F)cs1)NCCOc1cccc(NC(C)=O)c1. The fraction of sp³-hybridized carbons (Fsp3) is 0.421. The molecule has 0 aliphatic heterocycles. The van der Waals surface area contributed by atoms with E-state index in [4.69, 9.17) is 4.74 Å². The average molecular weight is 443 g/mol. The molecule has 0 fully saturated rings. The van der Waals surface area contributed by atoms with Gasteiger partial charge in [0.2, 0.25) is 5.91 Å². The van der Waals surface area contributed by atoms with Gasteiger partial charge >= 0.3 is 6.18 Å². The van der Waals surface area contributed by atoms with E-state index in [0.717, 1.165) is 16.7 Å². The summed E-state index contributed by atoms with van der Waals surface area (Å²) >= 11 is 0.978. The molecule has 0 aliphatic carbocycles. The Morgan fingerprint density at radius 2 is 2.10 bits per heavy atom. The first-order valence-electron chi connectivity index (χ1n) is 9.32. The molecule has 2 rings (SSSR count). The third kappa shape index (κ3) is 8.27. The largest absolute Gasteiger partial charge is 0.492 e. The maximum absolute atomic E-state index is 12.6. The molecule has 0 bridgehead atoms. The van der Waals surface area contributed by atoms with E-state index in [2.05, 4.69) is 25.9 Å². The summed E-state index contributed by atoms with van der Waals surface area (Å²) in [4.78, 5) is 19.1. The number of hydrogen-bond donors (Lipinski definition) is 3. The summed E-state index contributed by atoms with van der Waals surface area (Å²) < 4.78 is 43.4. The molecule has 1 heterocycles. The summed E-state index contributed by atoms with van der Waals surface area (Å²) in [6.45, 7) is 5.11. The van der Waals surface area contributed by atoms with Crippen LogP contribution in [-0.2, 0) is 17.4 Å². The number of amides is 1. The zero-order chi connectivity index (χ0) is 22.0. The fourth-order valence-electron chi connectivity index (χ4n) is 2.37. The first kappa shape index (κ1) is 23.5. The molecular weight excluding hydrogens is 419 g/mol. The predicted octanol–water partition coefficient (Wildman–Crippen LogP) is 3.30. The minimum absolute atomic E-state index is 0.160. The fourth-order valence-corrected chi connectivity index (χ4v) is 3.16. The summed E-state index contributed by atoms with van der Waals surface area (Å²) in [7, 11) is 0. The zero-order valence-electron chi connectivity index (χ0n) is 16.7. The minimum atomic E-state index is -4.42. The van der Waals surface area contributed by atoms with Crippen LogP contribution in [-0.4, -0.2) is 43.1 Å². The highest BCUT2D eigenvalue weighted by molar-refractivity contribution is 7.09. The first-order chi connectivity index (χ1) is 14.3. The van der Waals surface area contributed by atoms with Gasteiger partial charge in [0.25, 0.3) is 0 Å². The Morgan fingerprint density at radius 3 is 2.77 bits per heavy atom. The summed E-state index contributed by atoms with van der Waals surface area (Å²) in [6, 6.07) is 7.06. The van der Waals surface area contributed by atoms with Gasteiger partial charge in [0.15, 0.2) is 11.7 Å². The number of carbonyl (C=O) groups is 1. The Bertz CT molecular complexity index is 855. The van der Waals surface area contributed by atoms with Crippen molar-refractivity contribution in [2.45, 2.75) is 26.4 Å². The Balaban J connectivity index is 1.78. The molecule has 2 aromatic rings. The number of ether oxygens (including phenoxy) is 1. The van der Waals surface area contributed by atoms with Crippen LogP contribution in [0.4, 0.5) is 18.9 Å². The molecule has 11 heteroatoms. The zero-order valence-corrected chi connectivity index (χ0v) is 17.5. The van der Waals surface area contributed by atoms with Crippen molar-refractivity contribution in [2.24, 2.45) is 4.99 Å². The Morgan fingerprint density at radius 1 is 1.30 bits per heavy atom. The van der Waals surface area contributed by atoms with Gasteiger partial charge in [-0.2, -0.15) is 13.2 Å². The molecule has 0 radical (unpaired) electrons. The second kappa shape index (κ2) is 11.4. The topological polar surface area (TPSA) is 87.6 Å². The highest BCUT2D eigenvalue weighted by Crippen LogP contribution is 2.30. The van der Waals surface area contributed by atoms with E-state index < -0.39 is 11.9 Å². The molecule has 1 aromatic heterocycles. The Labute approximate surface area is 176 Å². The molecule has 0 unspecified atom stereocenters. The van der Waals surface area contributed by atoms with E-state index in [1.807, 2.05) is 6.92 Å². The van der Waals surface area contributed by atoms with Crippen molar-refractivity contribution in [3.05, 3.63) is 40.3 Å². The average Bonchev–Trinajstić information content (AvgIpc) is 3.14. The van der Waals surface area contributed by atoms with Gasteiger partial charge < -0.3 is 20.7 Å². The lowest BCUT2D eigenvalue weighted by molar-refractivity contribution is -0.140. The lowest BCUT2D eigenvalue weighted by atomic mass is 10.3. The molecule has 3 N–H and O–H groups in total. The predicted molar refractivity (Wildman–Crippen MR) is 111 cm³/mol. The van der Waals surface area contributed by atoms with Gasteiger partial charge in [0.05, 0.1) is 11.6 Å². The number of thiazole rings is 1. The number of nitrogens with one attached hydrogen (secondary N) is 3. The first-order valence-corrected chi connectivity index (χ1v) is 10.2. The molecule has 1 aromatic carbocycles. The van der Waals surface area contributed by atoms with Crippen LogP contribution in [0.5, 0.6) is 5.75 Å². The number of anilines is 1. The van der Waals surface area contributed by atoms with Crippen molar-refractivity contribution in [1.82, 2.24) is 15.6 Å². The van der Waals surface area contributed by atoms with E-state index in [1.165, 1.54) is 6.92 Å². The number of aromatic nitrogens is 1. The van der Waals surface area contributed by atoms with Gasteiger partial charge in [-0.05, 0) is 19.1 Å². The molecule has 30 heavy (non-hydrogen) atoms. The molecule has 0 saturated heterocycles. The van der Waals surface area contributed by atoms with Crippen molar-refractivity contribution in [1.29, 1.82) is 0 Å². The van der Waals surface area contributed by atoms with Gasteiger partial charge in [0.1, 0.15) is 12.4 Å². The summed E-state index contributed by atoms with van der Waals surface area (Å²) in [6.07, 6.45) is -4.10. The standard InChI is InChI=1S/C19H24F3N5O2S/c1-3-23-18(24-8-7-17-27-16(12-30-17)19(20,21)22)25-9-10-29-15-6-4-5-14(11-15)26-13(2)28/h4-6,11-12H,3,7-10H2,1-2H3,(H,26,28)(H2,23,24,25). The maximum atomic E-state index is 12.6. The van der Waals surface area contributed by atoms with Crippen LogP contribution in [0.2, 0.25) is 0 Å². The molecule has 164 valence electrons. The van der Waals surface area contributed by atoms with Crippen molar-refractivity contribution >= 4 is 28.9 Å². The molecule has 0 spiro atoms. The van der Waals surface area contributed by atoms with Crippen LogP contribution >= 0.6 is 11.3 Å². The van der Waals surface area contributed by atoms with Crippen molar-refractivity contribution in [2.75, 3.05) is 31.6 Å². The van der Waals surface area contributed by atoms with Gasteiger partial charge in [-0.3, -0.25) is 9.79 Å². The summed E-state index contributed by atoms with van der Waals surface area (Å²) in [5.74, 6) is 1.00. The van der Waals surface area contributed by atoms with Crippen LogP contribution in [0, 0.1) is 0 Å². The number of aliphatic imine (C=N–C) groups is 1. The number of guanidine groups is 1. The Kier molecular flexibility index (Phi) is 8.90. The lowest BCUT2D eigenvalue weighted by Crippen LogP contribution is -2.39. The lowest BCUT2D eigenvalue weighted by Gasteiger charge is -2.12. The number of nitrogens with zero attached hydrogens (tertiary/aromatic N) is 2. The smallest absolute Gasteiger partial charge is 0.434 e. The van der Waals surface area contributed by atoms with Gasteiger partial charge in [-0.25, -0.2) is 4.98 Å². The number of hydrogen-bond acceptors (Lipinski definition) is 5. The van der Waals surface area contributed by atoms with Crippen LogP contribution < -0.4 is 20.7 Å². The monoisotopic (exact) mass is 443 g/mol. The van der Waals surface area contributed by atoms with Crippen molar-refractivity contribution in [3.63, 3.8) is 0 Å². The molecule has 7 nitrogen and oxygen atoms in total. The number of benzene rings is 1. The van der Waals surface area contributed by atoms with Crippen LogP contribution in [0.25, 0.3) is 0 Å². The van der Waals surface area contributed by atoms with E-state index in [0.29, 0.717) is 55.1 Å². The summed E-state index contributed by atoms with van der Waals surface area (Å²) in [5, 5.41) is 10.3. The molecule has 0 atom stereocenters. The molecule has 0 aliphatic rings. The Hall–Kier alpha value is -2.82. The molecular formula is C19H24F3N5O2S. The molecule has 0 saturated carbocycles. The number of halogens is 3. The molecule has 1 amide bonds. The number of rotatable bonds is 9. The highest BCUT2D eigenvalue weighted by Gasteiger charge is 2.33. The van der Waals surface area contributed by atoms with E-state index in [-0.39, 0.29) is 5.91 Å². The van der Waals surface area contributed by atoms with E-state index >= 15 is 0 Å². The van der Waals surface area contributed by atoms with Gasteiger partial charge in [-0.15, -0.1) is 11.3 Å². The van der Waals surface area contributed by atoms with Crippen molar-refractivity contribution in [3.8, 4) is 5.75 Å². The second-order valence-corrected chi connectivity index (χ2v) is 7.06. The number of alkyl halides is 3. The van der Waals surface area contributed by atoms with Gasteiger partial charge in [0, 0.05) is 43.6 Å². The van der Waals surface area contributed by atoms with Crippen LogP contribution in [0.3, 0.4) is 0 Å². The van der Waals surface area contributed by atoms with Crippen LogP contribution in [0.15, 0.2) is 34.6 Å².